The van der Waals surface area contributed by atoms with Crippen molar-refractivity contribution in [2.24, 2.45) is 0 Å². The predicted molar refractivity (Wildman–Crippen MR) is 113 cm³/mol. The highest BCUT2D eigenvalue weighted by Gasteiger charge is 2.12. The van der Waals surface area contributed by atoms with Gasteiger partial charge in [0, 0.05) is 35.2 Å². The zero-order chi connectivity index (χ0) is 19.2. The van der Waals surface area contributed by atoms with Gasteiger partial charge in [-0.25, -0.2) is 0 Å². The Hall–Kier alpha value is -2.59. The van der Waals surface area contributed by atoms with Crippen molar-refractivity contribution in [1.29, 1.82) is 0 Å². The summed E-state index contributed by atoms with van der Waals surface area (Å²) in [7, 11) is 0. The largest absolute Gasteiger partial charge is 0.361 e. The van der Waals surface area contributed by atoms with Crippen LogP contribution in [0.15, 0.2) is 54.7 Å². The monoisotopic (exact) mass is 363 g/mol. The average molecular weight is 364 g/mol. The SMILES string of the molecule is CC(CC(=O)Nc1ccccc1C(C)C)NCCc1c[nH]c2ccccc12. The van der Waals surface area contributed by atoms with E-state index in [1.54, 1.807) is 0 Å². The topological polar surface area (TPSA) is 56.9 Å². The molecule has 3 rings (SSSR count). The molecule has 0 saturated carbocycles. The van der Waals surface area contributed by atoms with E-state index in [9.17, 15) is 4.79 Å². The van der Waals surface area contributed by atoms with Crippen LogP contribution in [0.2, 0.25) is 0 Å². The Kier molecular flexibility index (Phi) is 6.30. The first-order valence-electron chi connectivity index (χ1n) is 9.71. The Morgan fingerprint density at radius 1 is 1.04 bits per heavy atom. The summed E-state index contributed by atoms with van der Waals surface area (Å²) in [5.41, 5.74) is 4.57. The summed E-state index contributed by atoms with van der Waals surface area (Å²) in [6.07, 6.45) is 3.47. The second-order valence-electron chi connectivity index (χ2n) is 7.46. The molecule has 1 heterocycles. The number of hydrogen-bond acceptors (Lipinski definition) is 2. The third kappa shape index (κ3) is 4.98. The maximum absolute atomic E-state index is 12.4. The summed E-state index contributed by atoms with van der Waals surface area (Å²) in [6.45, 7) is 7.18. The van der Waals surface area contributed by atoms with Gasteiger partial charge in [0.15, 0.2) is 0 Å². The number of aromatic amines is 1. The molecule has 1 amide bonds. The number of nitrogens with one attached hydrogen (secondary N) is 3. The highest BCUT2D eigenvalue weighted by atomic mass is 16.1. The fourth-order valence-electron chi connectivity index (χ4n) is 3.46. The zero-order valence-electron chi connectivity index (χ0n) is 16.4. The Morgan fingerprint density at radius 3 is 2.59 bits per heavy atom. The van der Waals surface area contributed by atoms with Crippen molar-refractivity contribution in [3.63, 3.8) is 0 Å². The minimum Gasteiger partial charge on any atom is -0.361 e. The lowest BCUT2D eigenvalue weighted by Gasteiger charge is -2.16. The lowest BCUT2D eigenvalue weighted by atomic mass is 10.0. The van der Waals surface area contributed by atoms with Crippen LogP contribution in [-0.4, -0.2) is 23.5 Å². The number of aromatic nitrogens is 1. The van der Waals surface area contributed by atoms with Crippen molar-refractivity contribution in [2.75, 3.05) is 11.9 Å². The number of amides is 1. The first kappa shape index (κ1) is 19.2. The maximum atomic E-state index is 12.4. The van der Waals surface area contributed by atoms with E-state index in [1.165, 1.54) is 22.0 Å². The number of para-hydroxylation sites is 2. The van der Waals surface area contributed by atoms with Gasteiger partial charge in [0.1, 0.15) is 0 Å². The molecule has 27 heavy (non-hydrogen) atoms. The molecule has 4 nitrogen and oxygen atoms in total. The Morgan fingerprint density at radius 2 is 1.78 bits per heavy atom. The number of carbonyl (C=O) groups is 1. The van der Waals surface area contributed by atoms with Gasteiger partial charge in [-0.15, -0.1) is 0 Å². The minimum atomic E-state index is 0.0511. The molecule has 0 fully saturated rings. The number of rotatable bonds is 8. The highest BCUT2D eigenvalue weighted by molar-refractivity contribution is 5.92. The quantitative estimate of drug-likeness (QED) is 0.536. The number of hydrogen-bond donors (Lipinski definition) is 3. The van der Waals surface area contributed by atoms with E-state index in [2.05, 4.69) is 66.9 Å². The van der Waals surface area contributed by atoms with E-state index >= 15 is 0 Å². The van der Waals surface area contributed by atoms with Crippen molar-refractivity contribution in [1.82, 2.24) is 10.3 Å². The van der Waals surface area contributed by atoms with Crippen LogP contribution in [0.4, 0.5) is 5.69 Å². The van der Waals surface area contributed by atoms with Gasteiger partial charge in [0.2, 0.25) is 5.91 Å². The van der Waals surface area contributed by atoms with Crippen LogP contribution >= 0.6 is 0 Å². The first-order valence-corrected chi connectivity index (χ1v) is 9.71. The van der Waals surface area contributed by atoms with E-state index < -0.39 is 0 Å². The Labute approximate surface area is 161 Å². The summed E-state index contributed by atoms with van der Waals surface area (Å²) < 4.78 is 0. The molecule has 142 valence electrons. The molecule has 0 bridgehead atoms. The molecule has 0 radical (unpaired) electrons. The molecule has 1 atom stereocenters. The number of anilines is 1. The van der Waals surface area contributed by atoms with Crippen LogP contribution in [0.1, 0.15) is 44.2 Å². The van der Waals surface area contributed by atoms with Gasteiger partial charge in [0.05, 0.1) is 0 Å². The van der Waals surface area contributed by atoms with Gasteiger partial charge < -0.3 is 15.6 Å². The van der Waals surface area contributed by atoms with E-state index in [4.69, 9.17) is 0 Å². The molecule has 2 aromatic carbocycles. The fourth-order valence-corrected chi connectivity index (χ4v) is 3.46. The maximum Gasteiger partial charge on any atom is 0.225 e. The molecular weight excluding hydrogens is 334 g/mol. The van der Waals surface area contributed by atoms with E-state index in [-0.39, 0.29) is 11.9 Å². The van der Waals surface area contributed by atoms with Crippen molar-refractivity contribution >= 4 is 22.5 Å². The number of fused-ring (bicyclic) bond motifs is 1. The first-order chi connectivity index (χ1) is 13.0. The van der Waals surface area contributed by atoms with Crippen LogP contribution < -0.4 is 10.6 Å². The highest BCUT2D eigenvalue weighted by Crippen LogP contribution is 2.23. The van der Waals surface area contributed by atoms with Gasteiger partial charge in [0.25, 0.3) is 0 Å². The molecule has 1 aromatic heterocycles. The third-order valence-corrected chi connectivity index (χ3v) is 4.91. The minimum absolute atomic E-state index is 0.0511. The molecule has 0 aliphatic rings. The predicted octanol–water partition coefficient (Wildman–Crippen LogP) is 4.84. The average Bonchev–Trinajstić information content (AvgIpc) is 3.05. The molecule has 0 aliphatic heterocycles. The van der Waals surface area contributed by atoms with Crippen molar-refractivity contribution in [3.05, 3.63) is 65.9 Å². The van der Waals surface area contributed by atoms with E-state index in [0.717, 1.165) is 18.7 Å². The lowest BCUT2D eigenvalue weighted by Crippen LogP contribution is -2.32. The van der Waals surface area contributed by atoms with Gasteiger partial charge in [-0.3, -0.25) is 4.79 Å². The molecular formula is C23H29N3O. The van der Waals surface area contributed by atoms with Crippen LogP contribution in [0.3, 0.4) is 0 Å². The third-order valence-electron chi connectivity index (χ3n) is 4.91. The summed E-state index contributed by atoms with van der Waals surface area (Å²) >= 11 is 0. The molecule has 3 N–H and O–H groups in total. The van der Waals surface area contributed by atoms with Gasteiger partial charge in [-0.2, -0.15) is 0 Å². The summed E-state index contributed by atoms with van der Waals surface area (Å²) in [5.74, 6) is 0.434. The molecule has 1 unspecified atom stereocenters. The molecule has 3 aromatic rings. The lowest BCUT2D eigenvalue weighted by molar-refractivity contribution is -0.116. The smallest absolute Gasteiger partial charge is 0.225 e. The van der Waals surface area contributed by atoms with Crippen LogP contribution in [-0.2, 0) is 11.2 Å². The number of H-pyrrole nitrogens is 1. The van der Waals surface area contributed by atoms with E-state index in [1.807, 2.05) is 24.3 Å². The van der Waals surface area contributed by atoms with Crippen LogP contribution in [0.25, 0.3) is 10.9 Å². The van der Waals surface area contributed by atoms with Crippen LogP contribution in [0.5, 0.6) is 0 Å². The second kappa shape index (κ2) is 8.87. The summed E-state index contributed by atoms with van der Waals surface area (Å²) in [5, 5.41) is 7.81. The second-order valence-corrected chi connectivity index (χ2v) is 7.46. The van der Waals surface area contributed by atoms with Gasteiger partial charge in [-0.05, 0) is 49.1 Å². The molecule has 4 heteroatoms. The Balaban J connectivity index is 1.48. The molecule has 0 spiro atoms. The van der Waals surface area contributed by atoms with E-state index in [0.29, 0.717) is 12.3 Å². The number of benzene rings is 2. The van der Waals surface area contributed by atoms with Gasteiger partial charge >= 0.3 is 0 Å². The van der Waals surface area contributed by atoms with Crippen molar-refractivity contribution in [3.8, 4) is 0 Å². The molecule has 0 saturated heterocycles. The normalized spacial score (nSPS) is 12.4. The summed E-state index contributed by atoms with van der Waals surface area (Å²) in [4.78, 5) is 15.7. The fraction of sp³-hybridized carbons (Fsp3) is 0.348. The van der Waals surface area contributed by atoms with Crippen molar-refractivity contribution in [2.45, 2.75) is 45.6 Å². The van der Waals surface area contributed by atoms with Crippen LogP contribution in [0, 0.1) is 0 Å². The number of carbonyl (C=O) groups excluding carboxylic acids is 1. The van der Waals surface area contributed by atoms with Crippen molar-refractivity contribution < 1.29 is 4.79 Å². The van der Waals surface area contributed by atoms with Gasteiger partial charge in [-0.1, -0.05) is 50.2 Å². The standard InChI is InChI=1S/C23H29N3O/c1-16(2)19-8-4-7-11-22(19)26-23(27)14-17(3)24-13-12-18-15-25-21-10-6-5-9-20(18)21/h4-11,15-17,24-25H,12-14H2,1-3H3,(H,26,27). The Bertz CT molecular complexity index is 897. The zero-order valence-corrected chi connectivity index (χ0v) is 16.4. The summed E-state index contributed by atoms with van der Waals surface area (Å²) in [6, 6.07) is 16.5. The molecule has 0 aliphatic carbocycles.